The van der Waals surface area contributed by atoms with E-state index in [4.69, 9.17) is 13.9 Å². The third-order valence-corrected chi connectivity index (χ3v) is 3.17. The molecule has 0 bridgehead atoms. The smallest absolute Gasteiger partial charge is 0.178 e. The average molecular weight is 224 g/mol. The van der Waals surface area contributed by atoms with E-state index in [1.165, 1.54) is 6.04 Å². The predicted molar refractivity (Wildman–Crippen MR) is 60.2 cm³/mol. The molecule has 1 atom stereocenters. The molecule has 0 saturated heterocycles. The Hall–Kier alpha value is 0.447. The van der Waals surface area contributed by atoms with Crippen molar-refractivity contribution in [3.05, 3.63) is 0 Å². The molecule has 0 aliphatic heterocycles. The summed E-state index contributed by atoms with van der Waals surface area (Å²) in [6.45, 7) is 2.66. The molecule has 0 heterocycles. The maximum Gasteiger partial charge on any atom is 0.178 e. The zero-order chi connectivity index (χ0) is 10.1. The molecule has 0 aliphatic rings. The Morgan fingerprint density at radius 1 is 1.31 bits per heavy atom. The number of thiol groups is 1. The molecule has 0 N–H and O–H groups in total. The van der Waals surface area contributed by atoms with E-state index in [2.05, 4.69) is 19.6 Å². The number of hydrogen-bond acceptors (Lipinski definition) is 4. The van der Waals surface area contributed by atoms with Crippen LogP contribution in [0.15, 0.2) is 0 Å². The molecule has 80 valence electrons. The second kappa shape index (κ2) is 9.02. The van der Waals surface area contributed by atoms with Crippen molar-refractivity contribution in [1.82, 2.24) is 0 Å². The van der Waals surface area contributed by atoms with Gasteiger partial charge in [0, 0.05) is 14.2 Å². The number of hydrogen-bond donors (Lipinski definition) is 1. The lowest BCUT2D eigenvalue weighted by Gasteiger charge is -2.13. The summed E-state index contributed by atoms with van der Waals surface area (Å²) in [6.07, 6.45) is 0.931. The zero-order valence-corrected chi connectivity index (χ0v) is 11.0. The van der Waals surface area contributed by atoms with E-state index in [1.807, 2.05) is 0 Å². The summed E-state index contributed by atoms with van der Waals surface area (Å²) in [5.41, 5.74) is 0. The van der Waals surface area contributed by atoms with E-state index in [1.54, 1.807) is 14.2 Å². The third kappa shape index (κ3) is 8.77. The van der Waals surface area contributed by atoms with Crippen molar-refractivity contribution in [3.8, 4) is 0 Å². The first kappa shape index (κ1) is 13.4. The van der Waals surface area contributed by atoms with Crippen molar-refractivity contribution < 1.29 is 13.9 Å². The molecule has 0 saturated carbocycles. The average Bonchev–Trinajstić information content (AvgIpc) is 2.11. The fourth-order valence-corrected chi connectivity index (χ4v) is 2.76. The minimum atomic E-state index is -0.402. The van der Waals surface area contributed by atoms with Crippen molar-refractivity contribution in [2.24, 2.45) is 0 Å². The first-order chi connectivity index (χ1) is 6.20. The van der Waals surface area contributed by atoms with Crippen LogP contribution in [0, 0.1) is 0 Å². The van der Waals surface area contributed by atoms with Crippen LogP contribution in [0.4, 0.5) is 0 Å². The SMILES string of the molecule is COC(CO[SiH2]CCC(C)S)OC. The number of ether oxygens (including phenoxy) is 2. The van der Waals surface area contributed by atoms with Crippen molar-refractivity contribution in [2.45, 2.75) is 30.9 Å². The Morgan fingerprint density at radius 3 is 2.38 bits per heavy atom. The minimum absolute atomic E-state index is 0.207. The molecule has 0 aromatic carbocycles. The molecule has 0 fully saturated rings. The molecule has 5 heteroatoms. The van der Waals surface area contributed by atoms with Gasteiger partial charge in [0.25, 0.3) is 0 Å². The van der Waals surface area contributed by atoms with E-state index in [9.17, 15) is 0 Å². The standard InChI is InChI=1S/C8H20O3SSi/c1-7(12)4-5-13-11-6-8(9-2)10-3/h7-8,12H,4-6,13H2,1-3H3. The van der Waals surface area contributed by atoms with Crippen LogP contribution < -0.4 is 0 Å². The first-order valence-corrected chi connectivity index (χ1v) is 6.61. The van der Waals surface area contributed by atoms with Crippen LogP contribution in [0.5, 0.6) is 0 Å². The predicted octanol–water partition coefficient (Wildman–Crippen LogP) is 0.832. The lowest BCUT2D eigenvalue weighted by Crippen LogP contribution is -2.21. The second-order valence-corrected chi connectivity index (χ2v) is 5.37. The van der Waals surface area contributed by atoms with E-state index in [0.29, 0.717) is 11.9 Å². The van der Waals surface area contributed by atoms with Crippen molar-refractivity contribution in [2.75, 3.05) is 20.8 Å². The molecule has 0 aliphatic carbocycles. The van der Waals surface area contributed by atoms with Gasteiger partial charge in [-0.25, -0.2) is 0 Å². The van der Waals surface area contributed by atoms with Crippen LogP contribution in [-0.2, 0) is 13.9 Å². The van der Waals surface area contributed by atoms with Crippen LogP contribution in [0.3, 0.4) is 0 Å². The molecular formula is C8H20O3SSi. The van der Waals surface area contributed by atoms with Crippen molar-refractivity contribution >= 4 is 22.4 Å². The summed E-state index contributed by atoms with van der Waals surface area (Å²) in [4.78, 5) is 0. The first-order valence-electron chi connectivity index (χ1n) is 4.52. The van der Waals surface area contributed by atoms with Gasteiger partial charge in [-0.1, -0.05) is 6.92 Å². The van der Waals surface area contributed by atoms with Gasteiger partial charge in [-0.05, 0) is 17.7 Å². The highest BCUT2D eigenvalue weighted by Gasteiger charge is 2.04. The monoisotopic (exact) mass is 224 g/mol. The molecule has 1 unspecified atom stereocenters. The molecule has 13 heavy (non-hydrogen) atoms. The Kier molecular flexibility index (Phi) is 9.33. The van der Waals surface area contributed by atoms with E-state index in [0.717, 1.165) is 6.42 Å². The van der Waals surface area contributed by atoms with Gasteiger partial charge < -0.3 is 13.9 Å². The molecule has 0 aromatic heterocycles. The van der Waals surface area contributed by atoms with Gasteiger partial charge in [0.2, 0.25) is 0 Å². The largest absolute Gasteiger partial charge is 0.419 e. The maximum atomic E-state index is 5.48. The van der Waals surface area contributed by atoms with Gasteiger partial charge in [-0.2, -0.15) is 12.6 Å². The Morgan fingerprint density at radius 2 is 1.92 bits per heavy atom. The highest BCUT2D eigenvalue weighted by molar-refractivity contribution is 7.80. The summed E-state index contributed by atoms with van der Waals surface area (Å²) in [7, 11) is 2.84. The molecule has 0 amide bonds. The van der Waals surface area contributed by atoms with Gasteiger partial charge in [0.1, 0.15) is 0 Å². The Labute approximate surface area is 88.5 Å². The van der Waals surface area contributed by atoms with Crippen LogP contribution in [0.1, 0.15) is 13.3 Å². The van der Waals surface area contributed by atoms with E-state index < -0.39 is 9.76 Å². The summed E-state index contributed by atoms with van der Waals surface area (Å²) < 4.78 is 15.5. The summed E-state index contributed by atoms with van der Waals surface area (Å²) >= 11 is 4.29. The maximum absolute atomic E-state index is 5.48. The second-order valence-electron chi connectivity index (χ2n) is 2.97. The van der Waals surface area contributed by atoms with E-state index in [-0.39, 0.29) is 6.29 Å². The molecule has 0 radical (unpaired) electrons. The highest BCUT2D eigenvalue weighted by atomic mass is 32.1. The normalized spacial score (nSPS) is 14.5. The molecule has 3 nitrogen and oxygen atoms in total. The third-order valence-electron chi connectivity index (χ3n) is 1.69. The van der Waals surface area contributed by atoms with Crippen molar-refractivity contribution in [3.63, 3.8) is 0 Å². The van der Waals surface area contributed by atoms with Crippen LogP contribution in [0.2, 0.25) is 6.04 Å². The lowest BCUT2D eigenvalue weighted by molar-refractivity contribution is -0.121. The van der Waals surface area contributed by atoms with Gasteiger partial charge >= 0.3 is 0 Å². The topological polar surface area (TPSA) is 27.7 Å². The quantitative estimate of drug-likeness (QED) is 0.286. The zero-order valence-electron chi connectivity index (χ0n) is 8.66. The number of methoxy groups -OCH3 is 2. The van der Waals surface area contributed by atoms with Crippen molar-refractivity contribution in [1.29, 1.82) is 0 Å². The Bertz CT molecular complexity index is 110. The lowest BCUT2D eigenvalue weighted by atomic mass is 10.4. The highest BCUT2D eigenvalue weighted by Crippen LogP contribution is 2.03. The van der Waals surface area contributed by atoms with Gasteiger partial charge in [0.05, 0.1) is 6.61 Å². The molecular weight excluding hydrogens is 204 g/mol. The molecule has 0 rings (SSSR count). The summed E-state index contributed by atoms with van der Waals surface area (Å²) in [6, 6.07) is 1.17. The van der Waals surface area contributed by atoms with E-state index >= 15 is 0 Å². The Balaban J connectivity index is 3.14. The summed E-state index contributed by atoms with van der Waals surface area (Å²) in [5.74, 6) is 0. The molecule has 0 aromatic rings. The molecule has 0 spiro atoms. The van der Waals surface area contributed by atoms with Crippen LogP contribution >= 0.6 is 12.6 Å². The fourth-order valence-electron chi connectivity index (χ4n) is 0.893. The van der Waals surface area contributed by atoms with Crippen LogP contribution in [-0.4, -0.2) is 42.1 Å². The number of rotatable bonds is 8. The van der Waals surface area contributed by atoms with Gasteiger partial charge in [-0.15, -0.1) is 0 Å². The minimum Gasteiger partial charge on any atom is -0.419 e. The fraction of sp³-hybridized carbons (Fsp3) is 1.00. The summed E-state index contributed by atoms with van der Waals surface area (Å²) in [5, 5.41) is 0.483. The van der Waals surface area contributed by atoms with Crippen LogP contribution in [0.25, 0.3) is 0 Å². The van der Waals surface area contributed by atoms with Gasteiger partial charge in [0.15, 0.2) is 16.1 Å². The van der Waals surface area contributed by atoms with Gasteiger partial charge in [-0.3, -0.25) is 0 Å².